The van der Waals surface area contributed by atoms with Crippen LogP contribution in [0.3, 0.4) is 0 Å². The molecule has 1 aliphatic rings. The summed E-state index contributed by atoms with van der Waals surface area (Å²) < 4.78 is 27.9. The summed E-state index contributed by atoms with van der Waals surface area (Å²) in [5, 5.41) is 1.13. The molecule has 1 fully saturated rings. The van der Waals surface area contributed by atoms with Crippen molar-refractivity contribution in [1.82, 2.24) is 4.57 Å². The molecule has 31 heavy (non-hydrogen) atoms. The van der Waals surface area contributed by atoms with Gasteiger partial charge in [0.25, 0.3) is 0 Å². The first-order valence-electron chi connectivity index (χ1n) is 10.9. The van der Waals surface area contributed by atoms with Gasteiger partial charge in [-0.25, -0.2) is 4.39 Å². The van der Waals surface area contributed by atoms with Crippen molar-refractivity contribution in [3.8, 4) is 11.4 Å². The Hall–Kier alpha value is -3.11. The average molecular weight is 416 g/mol. The van der Waals surface area contributed by atoms with Gasteiger partial charge in [-0.2, -0.15) is 0 Å². The molecule has 1 saturated heterocycles. The molecule has 1 aromatic heterocycles. The van der Waals surface area contributed by atoms with Gasteiger partial charge in [-0.3, -0.25) is 0 Å². The Balaban J connectivity index is 1.55. The highest BCUT2D eigenvalue weighted by Gasteiger charge is 2.22. The summed E-state index contributed by atoms with van der Waals surface area (Å²) in [6.45, 7) is 3.91. The van der Waals surface area contributed by atoms with Crippen molar-refractivity contribution in [1.29, 1.82) is 0 Å². The second-order valence-electron chi connectivity index (χ2n) is 8.22. The van der Waals surface area contributed by atoms with Crippen molar-refractivity contribution in [2.24, 2.45) is 0 Å². The van der Waals surface area contributed by atoms with Gasteiger partial charge in [-0.05, 0) is 73.4 Å². The van der Waals surface area contributed by atoms with Gasteiger partial charge in [0.15, 0.2) is 0 Å². The lowest BCUT2D eigenvalue weighted by Crippen LogP contribution is -2.16. The summed E-state index contributed by atoms with van der Waals surface area (Å²) >= 11 is 0. The van der Waals surface area contributed by atoms with Crippen LogP contribution in [0.4, 0.5) is 4.39 Å². The molecule has 0 amide bonds. The zero-order valence-corrected chi connectivity index (χ0v) is 17.7. The van der Waals surface area contributed by atoms with Gasteiger partial charge in [-0.1, -0.05) is 30.3 Å². The van der Waals surface area contributed by atoms with Crippen LogP contribution < -0.4 is 4.74 Å². The number of ether oxygens (including phenoxy) is 2. The number of aryl methyl sites for hydroxylation is 1. The molecular weight excluding hydrogens is 389 g/mol. The Morgan fingerprint density at radius 1 is 0.968 bits per heavy atom. The maximum absolute atomic E-state index is 13.9. The minimum Gasteiger partial charge on any atom is -0.489 e. The van der Waals surface area contributed by atoms with E-state index in [4.69, 9.17) is 9.47 Å². The van der Waals surface area contributed by atoms with E-state index in [1.807, 2.05) is 43.3 Å². The fourth-order valence-corrected chi connectivity index (χ4v) is 4.40. The van der Waals surface area contributed by atoms with E-state index < -0.39 is 0 Å². The molecule has 0 unspecified atom stereocenters. The zero-order valence-electron chi connectivity index (χ0n) is 17.7. The van der Waals surface area contributed by atoms with E-state index in [9.17, 15) is 4.39 Å². The standard InChI is InChI=1S/C27H26FNO2/c1-19-15-23(7-9-25(19)28)29-26-10-8-24(31-18-20-5-3-2-4-6-20)16-22(26)17-27(29)21-11-13-30-14-12-21/h2-10,15-17,21H,11-14,18H2,1H3. The number of nitrogens with zero attached hydrogens (tertiary/aromatic N) is 1. The van der Waals surface area contributed by atoms with Crippen molar-refractivity contribution >= 4 is 10.9 Å². The van der Waals surface area contributed by atoms with Gasteiger partial charge in [0.05, 0.1) is 5.52 Å². The van der Waals surface area contributed by atoms with Crippen LogP contribution in [0.1, 0.15) is 35.6 Å². The Kier molecular flexibility index (Phi) is 5.47. The van der Waals surface area contributed by atoms with Gasteiger partial charge in [0.1, 0.15) is 18.2 Å². The first-order chi connectivity index (χ1) is 15.2. The number of halogens is 1. The Bertz CT molecular complexity index is 1190. The molecule has 0 aliphatic carbocycles. The van der Waals surface area contributed by atoms with Gasteiger partial charge in [0.2, 0.25) is 0 Å². The summed E-state index contributed by atoms with van der Waals surface area (Å²) in [6.07, 6.45) is 1.99. The third kappa shape index (κ3) is 4.08. The number of rotatable bonds is 5. The molecule has 0 bridgehead atoms. The van der Waals surface area contributed by atoms with Crippen LogP contribution in [0.5, 0.6) is 5.75 Å². The SMILES string of the molecule is Cc1cc(-n2c(C3CCOCC3)cc3cc(OCc4ccccc4)ccc32)ccc1F. The molecule has 3 aromatic carbocycles. The second kappa shape index (κ2) is 8.56. The van der Waals surface area contributed by atoms with Crippen molar-refractivity contribution in [3.63, 3.8) is 0 Å². The molecule has 0 radical (unpaired) electrons. The maximum Gasteiger partial charge on any atom is 0.126 e. The number of hydrogen-bond donors (Lipinski definition) is 0. The number of aromatic nitrogens is 1. The van der Waals surface area contributed by atoms with Crippen LogP contribution >= 0.6 is 0 Å². The fraction of sp³-hybridized carbons (Fsp3) is 0.259. The van der Waals surface area contributed by atoms with Crippen molar-refractivity contribution in [2.45, 2.75) is 32.3 Å². The fourth-order valence-electron chi connectivity index (χ4n) is 4.40. The monoisotopic (exact) mass is 415 g/mol. The molecule has 1 aliphatic heterocycles. The van der Waals surface area contributed by atoms with Gasteiger partial charge < -0.3 is 14.0 Å². The molecule has 4 aromatic rings. The van der Waals surface area contributed by atoms with Crippen LogP contribution in [0.25, 0.3) is 16.6 Å². The lowest BCUT2D eigenvalue weighted by molar-refractivity contribution is 0.0842. The van der Waals surface area contributed by atoms with Crippen LogP contribution in [-0.4, -0.2) is 17.8 Å². The zero-order chi connectivity index (χ0) is 21.2. The van der Waals surface area contributed by atoms with Crippen molar-refractivity contribution in [2.75, 3.05) is 13.2 Å². The minimum absolute atomic E-state index is 0.176. The number of fused-ring (bicyclic) bond motifs is 1. The minimum atomic E-state index is -0.176. The first-order valence-corrected chi connectivity index (χ1v) is 10.9. The van der Waals surface area contributed by atoms with Crippen LogP contribution in [0.2, 0.25) is 0 Å². The highest BCUT2D eigenvalue weighted by Crippen LogP contribution is 2.36. The van der Waals surface area contributed by atoms with E-state index in [1.54, 1.807) is 6.07 Å². The van der Waals surface area contributed by atoms with Crippen molar-refractivity contribution in [3.05, 3.63) is 95.4 Å². The van der Waals surface area contributed by atoms with E-state index in [-0.39, 0.29) is 5.82 Å². The third-order valence-electron chi connectivity index (χ3n) is 6.09. The molecule has 2 heterocycles. The van der Waals surface area contributed by atoms with Crippen LogP contribution in [-0.2, 0) is 11.3 Å². The molecular formula is C27H26FNO2. The Morgan fingerprint density at radius 3 is 2.55 bits per heavy atom. The highest BCUT2D eigenvalue weighted by molar-refractivity contribution is 5.85. The molecule has 5 rings (SSSR count). The summed E-state index contributed by atoms with van der Waals surface area (Å²) in [6, 6.07) is 24.0. The molecule has 4 heteroatoms. The first kappa shape index (κ1) is 19.8. The third-order valence-corrected chi connectivity index (χ3v) is 6.09. The topological polar surface area (TPSA) is 23.4 Å². The second-order valence-corrected chi connectivity index (χ2v) is 8.22. The molecule has 0 N–H and O–H groups in total. The van der Waals surface area contributed by atoms with E-state index in [0.29, 0.717) is 18.1 Å². The summed E-state index contributed by atoms with van der Waals surface area (Å²) in [5.74, 6) is 1.09. The van der Waals surface area contributed by atoms with E-state index in [2.05, 4.69) is 34.9 Å². The van der Waals surface area contributed by atoms with Crippen LogP contribution in [0.15, 0.2) is 72.8 Å². The lowest BCUT2D eigenvalue weighted by atomic mass is 9.96. The van der Waals surface area contributed by atoms with E-state index in [0.717, 1.165) is 54.0 Å². The normalized spacial score (nSPS) is 14.8. The van der Waals surface area contributed by atoms with Crippen molar-refractivity contribution < 1.29 is 13.9 Å². The quantitative estimate of drug-likeness (QED) is 0.369. The Morgan fingerprint density at radius 2 is 1.77 bits per heavy atom. The van der Waals surface area contributed by atoms with Crippen LogP contribution in [0, 0.1) is 12.7 Å². The predicted octanol–water partition coefficient (Wildman–Crippen LogP) is 6.55. The molecule has 0 spiro atoms. The molecule has 158 valence electrons. The summed E-state index contributed by atoms with van der Waals surface area (Å²) in [4.78, 5) is 0. The smallest absolute Gasteiger partial charge is 0.126 e. The largest absolute Gasteiger partial charge is 0.489 e. The summed E-state index contributed by atoms with van der Waals surface area (Å²) in [5.41, 5.74) is 5.15. The maximum atomic E-state index is 13.9. The lowest BCUT2D eigenvalue weighted by Gasteiger charge is -2.24. The molecule has 0 atom stereocenters. The van der Waals surface area contributed by atoms with Gasteiger partial charge in [-0.15, -0.1) is 0 Å². The highest BCUT2D eigenvalue weighted by atomic mass is 19.1. The summed E-state index contributed by atoms with van der Waals surface area (Å²) in [7, 11) is 0. The van der Waals surface area contributed by atoms with Gasteiger partial charge in [0, 0.05) is 35.9 Å². The number of benzene rings is 3. The molecule has 3 nitrogen and oxygen atoms in total. The van der Waals surface area contributed by atoms with Gasteiger partial charge >= 0.3 is 0 Å². The Labute approximate surface area is 182 Å². The van der Waals surface area contributed by atoms with E-state index in [1.165, 1.54) is 5.69 Å². The predicted molar refractivity (Wildman–Crippen MR) is 122 cm³/mol. The van der Waals surface area contributed by atoms with E-state index >= 15 is 0 Å². The molecule has 0 saturated carbocycles. The average Bonchev–Trinajstić information content (AvgIpc) is 3.19. The number of hydrogen-bond acceptors (Lipinski definition) is 2.